The Morgan fingerprint density at radius 1 is 1.44 bits per heavy atom. The number of amides is 1. The normalized spacial score (nSPS) is 23.7. The Balaban J connectivity index is 2.07. The van der Waals surface area contributed by atoms with Gasteiger partial charge in [-0.05, 0) is 12.8 Å². The van der Waals surface area contributed by atoms with Gasteiger partial charge >= 0.3 is 0 Å². The van der Waals surface area contributed by atoms with E-state index in [4.69, 9.17) is 0 Å². The second-order valence-corrected chi connectivity index (χ2v) is 5.48. The molecular formula is C11H18N4O2S. The highest BCUT2D eigenvalue weighted by Gasteiger charge is 2.31. The first kappa shape index (κ1) is 13.2. The summed E-state index contributed by atoms with van der Waals surface area (Å²) in [6.07, 6.45) is 3.27. The van der Waals surface area contributed by atoms with E-state index in [2.05, 4.69) is 15.5 Å². The lowest BCUT2D eigenvalue weighted by molar-refractivity contribution is 0.0267. The molecule has 1 saturated carbocycles. The summed E-state index contributed by atoms with van der Waals surface area (Å²) in [5.74, 6) is -0.167. The number of anilines is 1. The Labute approximate surface area is 110 Å². The summed E-state index contributed by atoms with van der Waals surface area (Å²) < 4.78 is 0. The number of aromatic nitrogens is 2. The number of aliphatic hydroxyl groups is 1. The summed E-state index contributed by atoms with van der Waals surface area (Å²) in [5, 5.41) is 21.5. The molecule has 6 nitrogen and oxygen atoms in total. The van der Waals surface area contributed by atoms with E-state index < -0.39 is 6.10 Å². The zero-order valence-electron chi connectivity index (χ0n) is 10.6. The minimum atomic E-state index is -0.426. The Kier molecular flexibility index (Phi) is 4.13. The van der Waals surface area contributed by atoms with Crippen LogP contribution in [0.25, 0.3) is 0 Å². The fourth-order valence-corrected chi connectivity index (χ4v) is 2.94. The molecule has 0 spiro atoms. The molecule has 1 fully saturated rings. The van der Waals surface area contributed by atoms with Crippen molar-refractivity contribution in [1.82, 2.24) is 15.1 Å². The van der Waals surface area contributed by atoms with Crippen molar-refractivity contribution in [2.45, 2.75) is 37.8 Å². The van der Waals surface area contributed by atoms with Crippen molar-refractivity contribution < 1.29 is 9.90 Å². The van der Waals surface area contributed by atoms with Gasteiger partial charge in [-0.3, -0.25) is 4.79 Å². The average Bonchev–Trinajstić information content (AvgIpc) is 2.86. The average molecular weight is 270 g/mol. The lowest BCUT2D eigenvalue weighted by Gasteiger charge is -2.34. The number of carbonyl (C=O) groups excluding carboxylic acids is 1. The standard InChI is InChI=1S/C11H18N4O2S/c1-12-11-14-13-9(18-11)10(17)15(2)7-5-3-4-6-8(7)16/h7-8,16H,3-6H2,1-2H3,(H,12,14). The minimum absolute atomic E-state index is 0.104. The summed E-state index contributed by atoms with van der Waals surface area (Å²) in [6, 6.07) is -0.104. The molecule has 1 heterocycles. The van der Waals surface area contributed by atoms with Crippen molar-refractivity contribution in [2.75, 3.05) is 19.4 Å². The van der Waals surface area contributed by atoms with Crippen LogP contribution in [0.2, 0.25) is 0 Å². The third kappa shape index (κ3) is 2.62. The van der Waals surface area contributed by atoms with Crippen LogP contribution < -0.4 is 5.32 Å². The fraction of sp³-hybridized carbons (Fsp3) is 0.727. The van der Waals surface area contributed by atoms with Crippen LogP contribution in [0.15, 0.2) is 0 Å². The zero-order valence-corrected chi connectivity index (χ0v) is 11.4. The molecule has 0 radical (unpaired) electrons. The van der Waals surface area contributed by atoms with Crippen molar-refractivity contribution in [2.24, 2.45) is 0 Å². The lowest BCUT2D eigenvalue weighted by atomic mass is 9.91. The van der Waals surface area contributed by atoms with Gasteiger partial charge in [-0.25, -0.2) is 0 Å². The van der Waals surface area contributed by atoms with Crippen LogP contribution in [-0.4, -0.2) is 52.4 Å². The smallest absolute Gasteiger partial charge is 0.284 e. The van der Waals surface area contributed by atoms with Crippen LogP contribution in [0.1, 0.15) is 35.5 Å². The van der Waals surface area contributed by atoms with E-state index in [1.807, 2.05) is 0 Å². The van der Waals surface area contributed by atoms with Gasteiger partial charge in [-0.2, -0.15) is 0 Å². The zero-order chi connectivity index (χ0) is 13.1. The van der Waals surface area contributed by atoms with E-state index in [1.165, 1.54) is 11.3 Å². The van der Waals surface area contributed by atoms with E-state index in [0.29, 0.717) is 10.1 Å². The van der Waals surface area contributed by atoms with Crippen molar-refractivity contribution in [3.8, 4) is 0 Å². The van der Waals surface area contributed by atoms with E-state index >= 15 is 0 Å². The molecule has 0 saturated heterocycles. The van der Waals surface area contributed by atoms with Gasteiger partial charge in [0.2, 0.25) is 10.1 Å². The second-order valence-electron chi connectivity index (χ2n) is 4.50. The highest BCUT2D eigenvalue weighted by molar-refractivity contribution is 7.17. The molecule has 2 unspecified atom stereocenters. The molecule has 0 aromatic carbocycles. The Morgan fingerprint density at radius 2 is 2.17 bits per heavy atom. The molecule has 1 aliphatic carbocycles. The van der Waals surface area contributed by atoms with E-state index in [0.717, 1.165) is 25.7 Å². The second kappa shape index (κ2) is 5.62. The topological polar surface area (TPSA) is 78.4 Å². The van der Waals surface area contributed by atoms with E-state index in [1.54, 1.807) is 19.0 Å². The van der Waals surface area contributed by atoms with Gasteiger partial charge in [0.25, 0.3) is 5.91 Å². The number of likely N-dealkylation sites (N-methyl/N-ethyl adjacent to an activating group) is 1. The number of aliphatic hydroxyl groups excluding tert-OH is 1. The quantitative estimate of drug-likeness (QED) is 0.855. The molecule has 1 aromatic rings. The highest BCUT2D eigenvalue weighted by Crippen LogP contribution is 2.24. The molecule has 0 bridgehead atoms. The molecule has 2 rings (SSSR count). The minimum Gasteiger partial charge on any atom is -0.391 e. The Morgan fingerprint density at radius 3 is 2.78 bits per heavy atom. The summed E-state index contributed by atoms with van der Waals surface area (Å²) in [4.78, 5) is 13.8. The van der Waals surface area contributed by atoms with Gasteiger partial charge in [-0.1, -0.05) is 24.2 Å². The Bertz CT molecular complexity index is 423. The summed E-state index contributed by atoms with van der Waals surface area (Å²) in [7, 11) is 3.46. The maximum Gasteiger partial charge on any atom is 0.284 e. The van der Waals surface area contributed by atoms with Gasteiger partial charge in [-0.15, -0.1) is 10.2 Å². The molecule has 2 N–H and O–H groups in total. The van der Waals surface area contributed by atoms with Crippen LogP contribution in [0, 0.1) is 0 Å². The molecule has 100 valence electrons. The number of carbonyl (C=O) groups is 1. The maximum atomic E-state index is 12.2. The van der Waals surface area contributed by atoms with Crippen molar-refractivity contribution >= 4 is 22.4 Å². The first-order valence-electron chi connectivity index (χ1n) is 6.10. The molecule has 1 amide bonds. The van der Waals surface area contributed by atoms with Crippen LogP contribution in [0.5, 0.6) is 0 Å². The van der Waals surface area contributed by atoms with Crippen LogP contribution in [0.3, 0.4) is 0 Å². The van der Waals surface area contributed by atoms with Crippen LogP contribution in [-0.2, 0) is 0 Å². The van der Waals surface area contributed by atoms with Crippen molar-refractivity contribution in [3.05, 3.63) is 5.01 Å². The molecule has 1 aromatic heterocycles. The van der Waals surface area contributed by atoms with Gasteiger partial charge in [0.05, 0.1) is 12.1 Å². The molecule has 18 heavy (non-hydrogen) atoms. The number of rotatable bonds is 3. The molecule has 2 atom stereocenters. The first-order chi connectivity index (χ1) is 8.63. The van der Waals surface area contributed by atoms with Crippen molar-refractivity contribution in [1.29, 1.82) is 0 Å². The Hall–Kier alpha value is -1.21. The third-order valence-corrected chi connectivity index (χ3v) is 4.26. The largest absolute Gasteiger partial charge is 0.391 e. The number of nitrogens with one attached hydrogen (secondary N) is 1. The third-order valence-electron chi connectivity index (χ3n) is 3.33. The SMILES string of the molecule is CNc1nnc(C(=O)N(C)C2CCCCC2O)s1. The van der Waals surface area contributed by atoms with Gasteiger partial charge in [0, 0.05) is 14.1 Å². The van der Waals surface area contributed by atoms with Crippen LogP contribution >= 0.6 is 11.3 Å². The number of hydrogen-bond donors (Lipinski definition) is 2. The number of nitrogens with zero attached hydrogens (tertiary/aromatic N) is 3. The molecule has 1 aliphatic rings. The molecule has 0 aliphatic heterocycles. The monoisotopic (exact) mass is 270 g/mol. The van der Waals surface area contributed by atoms with E-state index in [9.17, 15) is 9.90 Å². The van der Waals surface area contributed by atoms with Crippen LogP contribution in [0.4, 0.5) is 5.13 Å². The molecular weight excluding hydrogens is 252 g/mol. The maximum absolute atomic E-state index is 12.2. The summed E-state index contributed by atoms with van der Waals surface area (Å²) in [6.45, 7) is 0. The van der Waals surface area contributed by atoms with Gasteiger partial charge in [0.15, 0.2) is 0 Å². The van der Waals surface area contributed by atoms with Crippen molar-refractivity contribution in [3.63, 3.8) is 0 Å². The first-order valence-corrected chi connectivity index (χ1v) is 6.91. The highest BCUT2D eigenvalue weighted by atomic mass is 32.1. The van der Waals surface area contributed by atoms with Gasteiger partial charge in [0.1, 0.15) is 0 Å². The fourth-order valence-electron chi connectivity index (χ4n) is 2.26. The summed E-state index contributed by atoms with van der Waals surface area (Å²) >= 11 is 1.23. The molecule has 7 heteroatoms. The number of hydrogen-bond acceptors (Lipinski definition) is 6. The summed E-state index contributed by atoms with van der Waals surface area (Å²) in [5.41, 5.74) is 0. The van der Waals surface area contributed by atoms with E-state index in [-0.39, 0.29) is 11.9 Å². The van der Waals surface area contributed by atoms with Gasteiger partial charge < -0.3 is 15.3 Å². The predicted octanol–water partition coefficient (Wildman–Crippen LogP) is 0.955. The lowest BCUT2D eigenvalue weighted by Crippen LogP contribution is -2.46. The predicted molar refractivity (Wildman–Crippen MR) is 69.8 cm³/mol.